The van der Waals surface area contributed by atoms with Crippen molar-refractivity contribution in [3.8, 4) is 0 Å². The van der Waals surface area contributed by atoms with E-state index in [1.807, 2.05) is 6.07 Å². The number of fused-ring (bicyclic) bond motifs is 1. The van der Waals surface area contributed by atoms with Crippen LogP contribution in [0.2, 0.25) is 10.0 Å². The molecule has 1 aliphatic carbocycles. The standard InChI is InChI=1S/C16H20Cl2N2/c17-13-9-15(18)14-5-7-20(16(14)10-13)8-6-19-11-12-3-1-2-4-12/h5,7,9-10,12,19H,1-4,6,8,11H2. The SMILES string of the molecule is Clc1cc(Cl)c2ccn(CCNCC3CCCC3)c2c1. The highest BCUT2D eigenvalue weighted by Gasteiger charge is 2.14. The first-order chi connectivity index (χ1) is 9.74. The molecule has 0 radical (unpaired) electrons. The van der Waals surface area contributed by atoms with Crippen LogP contribution in [0.4, 0.5) is 0 Å². The average molecular weight is 311 g/mol. The van der Waals surface area contributed by atoms with Crippen LogP contribution in [0.5, 0.6) is 0 Å². The van der Waals surface area contributed by atoms with E-state index in [0.717, 1.165) is 41.5 Å². The van der Waals surface area contributed by atoms with Gasteiger partial charge in [-0.05, 0) is 43.5 Å². The molecule has 1 fully saturated rings. The number of hydrogen-bond acceptors (Lipinski definition) is 1. The predicted molar refractivity (Wildman–Crippen MR) is 86.8 cm³/mol. The summed E-state index contributed by atoms with van der Waals surface area (Å²) in [5, 5.41) is 6.07. The molecule has 108 valence electrons. The summed E-state index contributed by atoms with van der Waals surface area (Å²) in [4.78, 5) is 0. The molecule has 1 heterocycles. The highest BCUT2D eigenvalue weighted by Crippen LogP contribution is 2.28. The first kappa shape index (κ1) is 14.2. The third-order valence-corrected chi connectivity index (χ3v) is 4.77. The Kier molecular flexibility index (Phi) is 4.54. The molecule has 1 aliphatic rings. The Morgan fingerprint density at radius 3 is 2.80 bits per heavy atom. The summed E-state index contributed by atoms with van der Waals surface area (Å²) in [5.41, 5.74) is 1.12. The number of halogens is 2. The van der Waals surface area contributed by atoms with E-state index in [0.29, 0.717) is 5.02 Å². The molecule has 1 aromatic heterocycles. The second-order valence-corrected chi connectivity index (χ2v) is 6.53. The van der Waals surface area contributed by atoms with Crippen LogP contribution in [0.3, 0.4) is 0 Å². The molecule has 0 atom stereocenters. The molecule has 2 nitrogen and oxygen atoms in total. The van der Waals surface area contributed by atoms with E-state index in [9.17, 15) is 0 Å². The lowest BCUT2D eigenvalue weighted by Gasteiger charge is -2.11. The maximum atomic E-state index is 6.21. The number of nitrogens with zero attached hydrogens (tertiary/aromatic N) is 1. The molecule has 20 heavy (non-hydrogen) atoms. The van der Waals surface area contributed by atoms with E-state index in [1.165, 1.54) is 25.7 Å². The lowest BCUT2D eigenvalue weighted by atomic mass is 10.1. The van der Waals surface area contributed by atoms with E-state index in [2.05, 4.69) is 22.1 Å². The van der Waals surface area contributed by atoms with Crippen LogP contribution in [-0.2, 0) is 6.54 Å². The molecule has 0 bridgehead atoms. The molecule has 0 aliphatic heterocycles. The van der Waals surface area contributed by atoms with Gasteiger partial charge in [0.05, 0.1) is 10.5 Å². The minimum absolute atomic E-state index is 0.696. The van der Waals surface area contributed by atoms with Crippen molar-refractivity contribution in [2.24, 2.45) is 5.92 Å². The Hall–Kier alpha value is -0.700. The molecule has 0 saturated heterocycles. The molecule has 0 amide bonds. The molecular formula is C16H20Cl2N2. The second kappa shape index (κ2) is 6.38. The molecule has 0 spiro atoms. The quantitative estimate of drug-likeness (QED) is 0.790. The molecule has 0 unspecified atom stereocenters. The van der Waals surface area contributed by atoms with Crippen molar-refractivity contribution in [1.29, 1.82) is 0 Å². The Balaban J connectivity index is 1.60. The normalized spacial score (nSPS) is 16.3. The monoisotopic (exact) mass is 310 g/mol. The van der Waals surface area contributed by atoms with Crippen LogP contribution in [0.1, 0.15) is 25.7 Å². The fourth-order valence-corrected chi connectivity index (χ4v) is 3.68. The smallest absolute Gasteiger partial charge is 0.0514 e. The molecule has 1 N–H and O–H groups in total. The van der Waals surface area contributed by atoms with Gasteiger partial charge in [-0.25, -0.2) is 0 Å². The van der Waals surface area contributed by atoms with Crippen LogP contribution < -0.4 is 5.32 Å². The first-order valence-corrected chi connectivity index (χ1v) is 8.14. The van der Waals surface area contributed by atoms with E-state index in [-0.39, 0.29) is 0 Å². The maximum absolute atomic E-state index is 6.21. The lowest BCUT2D eigenvalue weighted by Crippen LogP contribution is -2.25. The Bertz CT molecular complexity index is 585. The third-order valence-electron chi connectivity index (χ3n) is 4.24. The fourth-order valence-electron chi connectivity index (χ4n) is 3.13. The molecule has 3 rings (SSSR count). The summed E-state index contributed by atoms with van der Waals surface area (Å²) in [7, 11) is 0. The van der Waals surface area contributed by atoms with Crippen LogP contribution in [0.25, 0.3) is 10.9 Å². The number of benzene rings is 1. The molecule has 4 heteroatoms. The summed E-state index contributed by atoms with van der Waals surface area (Å²) in [5.74, 6) is 0.889. The maximum Gasteiger partial charge on any atom is 0.0514 e. The lowest BCUT2D eigenvalue weighted by molar-refractivity contribution is 0.478. The first-order valence-electron chi connectivity index (χ1n) is 7.38. The summed E-state index contributed by atoms with van der Waals surface area (Å²) in [6.45, 7) is 3.10. The highest BCUT2D eigenvalue weighted by atomic mass is 35.5. The van der Waals surface area contributed by atoms with E-state index in [1.54, 1.807) is 6.07 Å². The Morgan fingerprint density at radius 1 is 1.20 bits per heavy atom. The van der Waals surface area contributed by atoms with Crippen molar-refractivity contribution in [1.82, 2.24) is 9.88 Å². The van der Waals surface area contributed by atoms with Gasteiger partial charge in [-0.1, -0.05) is 36.0 Å². The van der Waals surface area contributed by atoms with Crippen LogP contribution >= 0.6 is 23.2 Å². The zero-order chi connectivity index (χ0) is 13.9. The van der Waals surface area contributed by atoms with E-state index < -0.39 is 0 Å². The molecule has 2 aromatic rings. The molecule has 1 saturated carbocycles. The zero-order valence-corrected chi connectivity index (χ0v) is 13.1. The average Bonchev–Trinajstić information content (AvgIpc) is 3.04. The van der Waals surface area contributed by atoms with Gasteiger partial charge in [-0.3, -0.25) is 0 Å². The fraction of sp³-hybridized carbons (Fsp3) is 0.500. The van der Waals surface area contributed by atoms with Gasteiger partial charge >= 0.3 is 0 Å². The topological polar surface area (TPSA) is 17.0 Å². The van der Waals surface area contributed by atoms with Crippen molar-refractivity contribution >= 4 is 34.1 Å². The number of aromatic nitrogens is 1. The minimum Gasteiger partial charge on any atom is -0.346 e. The van der Waals surface area contributed by atoms with Gasteiger partial charge in [0.2, 0.25) is 0 Å². The van der Waals surface area contributed by atoms with Crippen LogP contribution in [-0.4, -0.2) is 17.7 Å². The second-order valence-electron chi connectivity index (χ2n) is 5.68. The third kappa shape index (κ3) is 3.13. The van der Waals surface area contributed by atoms with Gasteiger partial charge in [0, 0.05) is 29.7 Å². The summed E-state index contributed by atoms with van der Waals surface area (Å²) >= 11 is 12.3. The van der Waals surface area contributed by atoms with Crippen molar-refractivity contribution in [3.63, 3.8) is 0 Å². The highest BCUT2D eigenvalue weighted by molar-refractivity contribution is 6.38. The zero-order valence-electron chi connectivity index (χ0n) is 11.5. The largest absolute Gasteiger partial charge is 0.346 e. The Labute approximate surface area is 130 Å². The summed E-state index contributed by atoms with van der Waals surface area (Å²) in [6.07, 6.45) is 7.69. The van der Waals surface area contributed by atoms with Crippen molar-refractivity contribution in [2.75, 3.05) is 13.1 Å². The van der Waals surface area contributed by atoms with Crippen molar-refractivity contribution < 1.29 is 0 Å². The van der Waals surface area contributed by atoms with Crippen LogP contribution in [0, 0.1) is 5.92 Å². The van der Waals surface area contributed by atoms with Crippen molar-refractivity contribution in [2.45, 2.75) is 32.2 Å². The summed E-state index contributed by atoms with van der Waals surface area (Å²) < 4.78 is 2.22. The number of hydrogen-bond donors (Lipinski definition) is 1. The minimum atomic E-state index is 0.696. The van der Waals surface area contributed by atoms with Gasteiger partial charge in [-0.2, -0.15) is 0 Å². The van der Waals surface area contributed by atoms with Gasteiger partial charge in [0.15, 0.2) is 0 Å². The van der Waals surface area contributed by atoms with Crippen LogP contribution in [0.15, 0.2) is 24.4 Å². The number of rotatable bonds is 5. The predicted octanol–water partition coefficient (Wildman–Crippen LogP) is 4.73. The van der Waals surface area contributed by atoms with Gasteiger partial charge < -0.3 is 9.88 Å². The molecular weight excluding hydrogens is 291 g/mol. The van der Waals surface area contributed by atoms with Gasteiger partial charge in [0.25, 0.3) is 0 Å². The van der Waals surface area contributed by atoms with Gasteiger partial charge in [-0.15, -0.1) is 0 Å². The number of nitrogens with one attached hydrogen (secondary N) is 1. The Morgan fingerprint density at radius 2 is 2.00 bits per heavy atom. The van der Waals surface area contributed by atoms with E-state index >= 15 is 0 Å². The van der Waals surface area contributed by atoms with Gasteiger partial charge in [0.1, 0.15) is 0 Å². The van der Waals surface area contributed by atoms with E-state index in [4.69, 9.17) is 23.2 Å². The van der Waals surface area contributed by atoms with Crippen molar-refractivity contribution in [3.05, 3.63) is 34.4 Å². The summed E-state index contributed by atoms with van der Waals surface area (Å²) in [6, 6.07) is 5.85. The molecule has 1 aromatic carbocycles.